The van der Waals surface area contributed by atoms with E-state index in [9.17, 15) is 0 Å². The summed E-state index contributed by atoms with van der Waals surface area (Å²) in [6, 6.07) is 22.4. The van der Waals surface area contributed by atoms with Crippen LogP contribution in [0.25, 0.3) is 0 Å². The molecule has 4 rings (SSSR count). The molecule has 0 saturated carbocycles. The zero-order valence-electron chi connectivity index (χ0n) is 13.7. The van der Waals surface area contributed by atoms with Crippen LogP contribution in [-0.2, 0) is 0 Å². The molecule has 0 bridgehead atoms. The quantitative estimate of drug-likeness (QED) is 0.876. The third kappa shape index (κ3) is 2.93. The molecule has 2 fully saturated rings. The third-order valence-corrected chi connectivity index (χ3v) is 5.74. The van der Waals surface area contributed by atoms with Gasteiger partial charge in [-0.2, -0.15) is 0 Å². The lowest BCUT2D eigenvalue weighted by molar-refractivity contribution is 0.132. The Morgan fingerprint density at radius 2 is 1.52 bits per heavy atom. The molecule has 2 N–H and O–H groups in total. The van der Waals surface area contributed by atoms with E-state index in [-0.39, 0.29) is 5.54 Å². The van der Waals surface area contributed by atoms with Gasteiger partial charge in [0.1, 0.15) is 0 Å². The Kier molecular flexibility index (Phi) is 4.19. The van der Waals surface area contributed by atoms with Crippen LogP contribution in [0.15, 0.2) is 60.7 Å². The van der Waals surface area contributed by atoms with E-state index >= 15 is 0 Å². The van der Waals surface area contributed by atoms with Crippen LogP contribution in [0.5, 0.6) is 0 Å². The summed E-state index contributed by atoms with van der Waals surface area (Å²) in [5, 5.41) is 7.76. The molecule has 0 amide bonds. The van der Waals surface area contributed by atoms with Crippen LogP contribution in [0.2, 0.25) is 0 Å². The average Bonchev–Trinajstić information content (AvgIpc) is 2.64. The van der Waals surface area contributed by atoms with Gasteiger partial charge in [-0.05, 0) is 49.3 Å². The van der Waals surface area contributed by atoms with Gasteiger partial charge in [0.25, 0.3) is 0 Å². The van der Waals surface area contributed by atoms with E-state index in [1.54, 1.807) is 0 Å². The summed E-state index contributed by atoms with van der Waals surface area (Å²) in [5.41, 5.74) is 3.14. The van der Waals surface area contributed by atoms with Crippen LogP contribution < -0.4 is 10.6 Å². The van der Waals surface area contributed by atoms with Crippen molar-refractivity contribution in [3.8, 4) is 0 Å². The Bertz CT molecular complexity index is 615. The molecule has 2 aromatic rings. The van der Waals surface area contributed by atoms with Crippen molar-refractivity contribution in [2.24, 2.45) is 0 Å². The van der Waals surface area contributed by atoms with Crippen molar-refractivity contribution in [3.63, 3.8) is 0 Å². The summed E-state index contributed by atoms with van der Waals surface area (Å²) in [5.74, 6) is 0.653. The molecule has 2 aromatic carbocycles. The lowest BCUT2D eigenvalue weighted by atomic mass is 9.71. The molecule has 0 aromatic heterocycles. The Labute approximate surface area is 139 Å². The topological polar surface area (TPSA) is 24.1 Å². The minimum absolute atomic E-state index is 0.227. The molecule has 1 spiro atoms. The van der Waals surface area contributed by atoms with Crippen molar-refractivity contribution in [1.82, 2.24) is 10.6 Å². The summed E-state index contributed by atoms with van der Waals surface area (Å²) in [7, 11) is 0. The number of rotatable bonds is 2. The summed E-state index contributed by atoms with van der Waals surface area (Å²) in [4.78, 5) is 0. The zero-order chi connectivity index (χ0) is 15.5. The lowest BCUT2D eigenvalue weighted by Gasteiger charge is -2.50. The first-order valence-electron chi connectivity index (χ1n) is 8.96. The van der Waals surface area contributed by atoms with Crippen LogP contribution in [0.4, 0.5) is 0 Å². The molecule has 2 aliphatic heterocycles. The van der Waals surface area contributed by atoms with Crippen molar-refractivity contribution in [2.45, 2.75) is 43.2 Å². The number of hydrogen-bond acceptors (Lipinski definition) is 2. The summed E-state index contributed by atoms with van der Waals surface area (Å²) >= 11 is 0. The van der Waals surface area contributed by atoms with Crippen molar-refractivity contribution in [3.05, 3.63) is 71.8 Å². The smallest absolute Gasteiger partial charge is 0.0505 e. The molecule has 23 heavy (non-hydrogen) atoms. The van der Waals surface area contributed by atoms with Crippen molar-refractivity contribution < 1.29 is 0 Å². The van der Waals surface area contributed by atoms with Gasteiger partial charge < -0.3 is 10.6 Å². The molecule has 2 nitrogen and oxygen atoms in total. The van der Waals surface area contributed by atoms with E-state index in [1.807, 2.05) is 0 Å². The van der Waals surface area contributed by atoms with Gasteiger partial charge in [-0.25, -0.2) is 0 Å². The molecule has 0 radical (unpaired) electrons. The summed E-state index contributed by atoms with van der Waals surface area (Å²) in [6.45, 7) is 2.22. The molecule has 2 heterocycles. The maximum Gasteiger partial charge on any atom is 0.0505 e. The second-order valence-corrected chi connectivity index (χ2v) is 7.08. The second-order valence-electron chi connectivity index (χ2n) is 7.08. The fraction of sp³-hybridized carbons (Fsp3) is 0.429. The fourth-order valence-corrected chi connectivity index (χ4v) is 4.49. The predicted molar refractivity (Wildman–Crippen MR) is 95.6 cm³/mol. The Morgan fingerprint density at radius 1 is 0.826 bits per heavy atom. The number of hydrogen-bond donors (Lipinski definition) is 2. The van der Waals surface area contributed by atoms with Gasteiger partial charge in [0.2, 0.25) is 0 Å². The van der Waals surface area contributed by atoms with E-state index in [0.717, 1.165) is 13.1 Å². The van der Waals surface area contributed by atoms with E-state index in [2.05, 4.69) is 71.3 Å². The van der Waals surface area contributed by atoms with Crippen LogP contribution in [0, 0.1) is 0 Å². The number of nitrogens with one attached hydrogen (secondary N) is 2. The lowest BCUT2D eigenvalue weighted by Crippen LogP contribution is -2.60. The van der Waals surface area contributed by atoms with Gasteiger partial charge in [0.05, 0.1) is 6.04 Å². The molecule has 120 valence electrons. The highest BCUT2D eigenvalue weighted by molar-refractivity contribution is 5.27. The first kappa shape index (κ1) is 14.9. The largest absolute Gasteiger partial charge is 0.309 e. The van der Waals surface area contributed by atoms with Gasteiger partial charge >= 0.3 is 0 Å². The molecule has 3 atom stereocenters. The Balaban J connectivity index is 1.54. The molecule has 1 unspecified atom stereocenters. The van der Waals surface area contributed by atoms with Gasteiger partial charge in [0, 0.05) is 12.1 Å². The fourth-order valence-electron chi connectivity index (χ4n) is 4.49. The first-order chi connectivity index (χ1) is 11.4. The highest BCUT2D eigenvalue weighted by atomic mass is 15.1. The van der Waals surface area contributed by atoms with Gasteiger partial charge in [-0.1, -0.05) is 60.7 Å². The molecular formula is C21H26N2. The molecular weight excluding hydrogens is 280 g/mol. The van der Waals surface area contributed by atoms with E-state index in [1.165, 1.54) is 36.8 Å². The van der Waals surface area contributed by atoms with Crippen molar-refractivity contribution in [1.29, 1.82) is 0 Å². The van der Waals surface area contributed by atoms with Gasteiger partial charge in [-0.3, -0.25) is 0 Å². The van der Waals surface area contributed by atoms with Crippen molar-refractivity contribution in [2.75, 3.05) is 13.1 Å². The minimum Gasteiger partial charge on any atom is -0.309 e. The maximum absolute atomic E-state index is 3.97. The van der Waals surface area contributed by atoms with Gasteiger partial charge in [0.15, 0.2) is 0 Å². The molecule has 2 saturated heterocycles. The summed E-state index contributed by atoms with van der Waals surface area (Å²) < 4.78 is 0. The van der Waals surface area contributed by atoms with E-state index in [4.69, 9.17) is 0 Å². The highest BCUT2D eigenvalue weighted by Gasteiger charge is 2.43. The number of benzene rings is 2. The predicted octanol–water partition coefficient (Wildman–Crippen LogP) is 4.02. The first-order valence-corrected chi connectivity index (χ1v) is 8.96. The van der Waals surface area contributed by atoms with Crippen LogP contribution >= 0.6 is 0 Å². The number of piperidine rings is 2. The minimum atomic E-state index is 0.227. The average molecular weight is 306 g/mol. The second kappa shape index (κ2) is 6.46. The van der Waals surface area contributed by atoms with E-state index < -0.39 is 0 Å². The SMILES string of the molecule is c1ccc(C2NCCC[C@]23CC[C@H](c2ccccc2)CN3)cc1. The summed E-state index contributed by atoms with van der Waals surface area (Å²) in [6.07, 6.45) is 5.08. The Morgan fingerprint density at radius 3 is 2.17 bits per heavy atom. The van der Waals surface area contributed by atoms with Crippen LogP contribution in [-0.4, -0.2) is 18.6 Å². The molecule has 2 heteroatoms. The monoisotopic (exact) mass is 306 g/mol. The standard InChI is InChI=1S/C21H26N2/c1-3-8-17(9-4-1)19-12-14-21(23-16-19)13-7-15-22-20(21)18-10-5-2-6-11-18/h1-6,8-11,19-20,22-23H,7,12-16H2/t19-,20?,21-/m0/s1. The molecule has 0 aliphatic carbocycles. The van der Waals surface area contributed by atoms with Gasteiger partial charge in [-0.15, -0.1) is 0 Å². The highest BCUT2D eigenvalue weighted by Crippen LogP contribution is 2.41. The zero-order valence-corrected chi connectivity index (χ0v) is 13.7. The van der Waals surface area contributed by atoms with Crippen molar-refractivity contribution >= 4 is 0 Å². The van der Waals surface area contributed by atoms with E-state index in [0.29, 0.717) is 12.0 Å². The van der Waals surface area contributed by atoms with Crippen LogP contribution in [0.3, 0.4) is 0 Å². The van der Waals surface area contributed by atoms with Crippen LogP contribution in [0.1, 0.15) is 48.8 Å². The normalized spacial score (nSPS) is 31.1. The third-order valence-electron chi connectivity index (χ3n) is 5.74. The molecule has 2 aliphatic rings. The Hall–Kier alpha value is -1.64. The maximum atomic E-state index is 3.97.